The molecular formula is C15H12F3N3OS. The number of fused-ring (bicyclic) bond motifs is 1. The van der Waals surface area contributed by atoms with Crippen molar-refractivity contribution in [3.8, 4) is 11.4 Å². The van der Waals surface area contributed by atoms with Gasteiger partial charge >= 0.3 is 5.51 Å². The molecule has 0 spiro atoms. The summed E-state index contributed by atoms with van der Waals surface area (Å²) < 4.78 is 51.9. The quantitative estimate of drug-likeness (QED) is 0.671. The zero-order valence-corrected chi connectivity index (χ0v) is 13.1. The van der Waals surface area contributed by atoms with Gasteiger partial charge in [-0.25, -0.2) is 9.97 Å². The van der Waals surface area contributed by atoms with Gasteiger partial charge in [0.1, 0.15) is 11.3 Å². The second kappa shape index (κ2) is 5.54. The molecule has 1 unspecified atom stereocenters. The maximum absolute atomic E-state index is 12.8. The Balaban J connectivity index is 2.22. The smallest absolute Gasteiger partial charge is 0.578 e. The SMILES string of the molecule is Cc1cnc2c(c1)nc(-c1ccccc1[S+]([O-])C(F)(F)F)n2C. The molecule has 0 N–H and O–H groups in total. The van der Waals surface area contributed by atoms with E-state index in [2.05, 4.69) is 9.97 Å². The van der Waals surface area contributed by atoms with Crippen LogP contribution in [-0.2, 0) is 18.2 Å². The molecule has 3 rings (SSSR count). The van der Waals surface area contributed by atoms with Crippen molar-refractivity contribution >= 4 is 22.3 Å². The van der Waals surface area contributed by atoms with E-state index in [0.29, 0.717) is 17.0 Å². The van der Waals surface area contributed by atoms with Crippen LogP contribution in [0.4, 0.5) is 13.2 Å². The van der Waals surface area contributed by atoms with Crippen molar-refractivity contribution < 1.29 is 17.7 Å². The number of pyridine rings is 1. The third kappa shape index (κ3) is 2.79. The lowest BCUT2D eigenvalue weighted by Gasteiger charge is -2.15. The van der Waals surface area contributed by atoms with E-state index in [0.717, 1.165) is 5.56 Å². The standard InChI is InChI=1S/C15H12F3N3OS/c1-9-7-11-14(19-8-9)21(2)13(20-11)10-5-3-4-6-12(10)23(22)15(16,17)18/h3-8H,1-2H3. The molecule has 120 valence electrons. The number of imidazole rings is 1. The van der Waals surface area contributed by atoms with Gasteiger partial charge in [-0.1, -0.05) is 12.1 Å². The minimum atomic E-state index is -4.82. The summed E-state index contributed by atoms with van der Waals surface area (Å²) in [5, 5.41) is 0. The molecule has 23 heavy (non-hydrogen) atoms. The average Bonchev–Trinajstić information content (AvgIpc) is 2.82. The van der Waals surface area contributed by atoms with Crippen LogP contribution in [0.2, 0.25) is 0 Å². The van der Waals surface area contributed by atoms with Crippen molar-refractivity contribution in [2.45, 2.75) is 17.3 Å². The Morgan fingerprint density at radius 2 is 1.91 bits per heavy atom. The van der Waals surface area contributed by atoms with Crippen LogP contribution in [-0.4, -0.2) is 24.6 Å². The Kier molecular flexibility index (Phi) is 3.81. The number of halogens is 3. The molecule has 2 aromatic heterocycles. The van der Waals surface area contributed by atoms with E-state index in [4.69, 9.17) is 0 Å². The summed E-state index contributed by atoms with van der Waals surface area (Å²) in [5.41, 5.74) is -2.61. The summed E-state index contributed by atoms with van der Waals surface area (Å²) in [5.74, 6) is 0.298. The molecule has 1 aromatic carbocycles. The first-order valence-corrected chi connectivity index (χ1v) is 7.81. The molecule has 4 nitrogen and oxygen atoms in total. The van der Waals surface area contributed by atoms with Gasteiger partial charge in [0.25, 0.3) is 0 Å². The molecule has 3 aromatic rings. The number of hydrogen-bond donors (Lipinski definition) is 0. The number of benzene rings is 1. The Morgan fingerprint density at radius 3 is 2.61 bits per heavy atom. The van der Waals surface area contributed by atoms with Gasteiger partial charge in [0, 0.05) is 13.2 Å². The van der Waals surface area contributed by atoms with Crippen molar-refractivity contribution in [2.75, 3.05) is 0 Å². The number of rotatable bonds is 2. The summed E-state index contributed by atoms with van der Waals surface area (Å²) >= 11 is -3.12. The molecule has 8 heteroatoms. The molecule has 0 saturated heterocycles. The van der Waals surface area contributed by atoms with Gasteiger partial charge < -0.3 is 9.12 Å². The molecular weight excluding hydrogens is 327 g/mol. The molecule has 0 radical (unpaired) electrons. The lowest BCUT2D eigenvalue weighted by atomic mass is 10.2. The van der Waals surface area contributed by atoms with E-state index in [1.165, 1.54) is 18.2 Å². The van der Waals surface area contributed by atoms with Crippen LogP contribution in [0, 0.1) is 6.92 Å². The first-order valence-electron chi connectivity index (χ1n) is 6.66. The largest absolute Gasteiger partial charge is 0.604 e. The van der Waals surface area contributed by atoms with Crippen LogP contribution in [0.3, 0.4) is 0 Å². The van der Waals surface area contributed by atoms with E-state index in [-0.39, 0.29) is 10.5 Å². The van der Waals surface area contributed by atoms with Crippen molar-refractivity contribution in [3.05, 3.63) is 42.1 Å². The fourth-order valence-corrected chi connectivity index (χ4v) is 3.17. The predicted octanol–water partition coefficient (Wildman–Crippen LogP) is 3.57. The van der Waals surface area contributed by atoms with Crippen molar-refractivity contribution in [1.29, 1.82) is 0 Å². The number of nitrogens with zero attached hydrogens (tertiary/aromatic N) is 3. The van der Waals surface area contributed by atoms with E-state index >= 15 is 0 Å². The van der Waals surface area contributed by atoms with Crippen LogP contribution in [0.5, 0.6) is 0 Å². The Hall–Kier alpha value is -2.06. The number of aromatic nitrogens is 3. The lowest BCUT2D eigenvalue weighted by molar-refractivity contribution is -0.0435. The molecule has 0 aliphatic rings. The Bertz CT molecular complexity index is 876. The molecule has 0 saturated carbocycles. The van der Waals surface area contributed by atoms with E-state index in [1.54, 1.807) is 29.9 Å². The highest BCUT2D eigenvalue weighted by molar-refractivity contribution is 7.92. The predicted molar refractivity (Wildman–Crippen MR) is 81.1 cm³/mol. The van der Waals surface area contributed by atoms with Gasteiger partial charge in [-0.15, -0.1) is 13.2 Å². The van der Waals surface area contributed by atoms with Gasteiger partial charge in [0.05, 0.1) is 16.7 Å². The van der Waals surface area contributed by atoms with Gasteiger partial charge in [0.2, 0.25) is 0 Å². The number of alkyl halides is 3. The first kappa shape index (κ1) is 15.8. The summed E-state index contributed by atoms with van der Waals surface area (Å²) in [6.45, 7) is 1.85. The number of aryl methyl sites for hydroxylation is 2. The molecule has 0 aliphatic carbocycles. The van der Waals surface area contributed by atoms with Crippen molar-refractivity contribution in [2.24, 2.45) is 7.05 Å². The molecule has 0 aliphatic heterocycles. The van der Waals surface area contributed by atoms with Crippen molar-refractivity contribution in [1.82, 2.24) is 14.5 Å². The highest BCUT2D eigenvalue weighted by Crippen LogP contribution is 2.36. The lowest BCUT2D eigenvalue weighted by Crippen LogP contribution is -2.24. The minimum absolute atomic E-state index is 0.182. The normalized spacial score (nSPS) is 13.5. The van der Waals surface area contributed by atoms with Gasteiger partial charge in [-0.3, -0.25) is 0 Å². The summed E-state index contributed by atoms with van der Waals surface area (Å²) in [6, 6.07) is 7.50. The van der Waals surface area contributed by atoms with Gasteiger partial charge in [-0.05, 0) is 30.7 Å². The topological polar surface area (TPSA) is 53.8 Å². The maximum Gasteiger partial charge on any atom is 0.578 e. The Morgan fingerprint density at radius 1 is 1.22 bits per heavy atom. The highest BCUT2D eigenvalue weighted by atomic mass is 32.2. The van der Waals surface area contributed by atoms with Crippen LogP contribution < -0.4 is 0 Å². The van der Waals surface area contributed by atoms with E-state index in [9.17, 15) is 17.7 Å². The second-order valence-electron chi connectivity index (χ2n) is 5.06. The molecule has 0 bridgehead atoms. The zero-order valence-electron chi connectivity index (χ0n) is 12.3. The average molecular weight is 339 g/mol. The van der Waals surface area contributed by atoms with E-state index < -0.39 is 16.7 Å². The molecule has 1 atom stereocenters. The Labute approximate surface area is 133 Å². The third-order valence-corrected chi connectivity index (χ3v) is 4.56. The molecule has 2 heterocycles. The van der Waals surface area contributed by atoms with E-state index in [1.807, 2.05) is 6.92 Å². The second-order valence-corrected chi connectivity index (χ2v) is 6.50. The van der Waals surface area contributed by atoms with Crippen LogP contribution in [0.25, 0.3) is 22.6 Å². The van der Waals surface area contributed by atoms with Crippen LogP contribution in [0.15, 0.2) is 41.4 Å². The highest BCUT2D eigenvalue weighted by Gasteiger charge is 2.47. The molecule has 0 amide bonds. The van der Waals surface area contributed by atoms with Crippen LogP contribution >= 0.6 is 0 Å². The first-order chi connectivity index (χ1) is 10.8. The summed E-state index contributed by atoms with van der Waals surface area (Å²) in [4.78, 5) is 8.31. The van der Waals surface area contributed by atoms with Crippen LogP contribution in [0.1, 0.15) is 5.56 Å². The fraction of sp³-hybridized carbons (Fsp3) is 0.200. The minimum Gasteiger partial charge on any atom is -0.604 e. The monoisotopic (exact) mass is 339 g/mol. The molecule has 0 fully saturated rings. The summed E-state index contributed by atoms with van der Waals surface area (Å²) in [7, 11) is 1.67. The van der Waals surface area contributed by atoms with Crippen molar-refractivity contribution in [3.63, 3.8) is 0 Å². The maximum atomic E-state index is 12.8. The fourth-order valence-electron chi connectivity index (χ4n) is 2.36. The van der Waals surface area contributed by atoms with Gasteiger partial charge in [-0.2, -0.15) is 0 Å². The zero-order chi connectivity index (χ0) is 16.8. The third-order valence-electron chi connectivity index (χ3n) is 3.38. The number of hydrogen-bond acceptors (Lipinski definition) is 3. The summed E-state index contributed by atoms with van der Waals surface area (Å²) in [6.07, 6.45) is 1.66. The van der Waals surface area contributed by atoms with Gasteiger partial charge in [0.15, 0.2) is 10.5 Å².